The van der Waals surface area contributed by atoms with Gasteiger partial charge in [0.25, 0.3) is 0 Å². The summed E-state index contributed by atoms with van der Waals surface area (Å²) in [5.74, 6) is -0.632. The van der Waals surface area contributed by atoms with Crippen LogP contribution in [-0.2, 0) is 16.0 Å². The Morgan fingerprint density at radius 1 is 1.00 bits per heavy atom. The molecule has 0 saturated heterocycles. The second kappa shape index (κ2) is 8.84. The largest absolute Gasteiger partial charge is 0.478 e. The van der Waals surface area contributed by atoms with E-state index < -0.39 is 11.6 Å². The molecule has 2 N–H and O–H groups in total. The van der Waals surface area contributed by atoms with E-state index in [1.165, 1.54) is 0 Å². The number of benzene rings is 2. The zero-order chi connectivity index (χ0) is 20.1. The molecule has 0 aliphatic heterocycles. The Bertz CT molecular complexity index is 841. The van der Waals surface area contributed by atoms with Crippen LogP contribution >= 0.6 is 23.2 Å². The van der Waals surface area contributed by atoms with Crippen molar-refractivity contribution in [3.8, 4) is 5.75 Å². The molecule has 5 nitrogen and oxygen atoms in total. The highest BCUT2D eigenvalue weighted by Crippen LogP contribution is 2.33. The molecule has 1 fully saturated rings. The number of halogens is 2. The van der Waals surface area contributed by atoms with E-state index in [0.29, 0.717) is 34.3 Å². The number of rotatable bonds is 6. The molecular weight excluding hydrogens is 401 g/mol. The molecule has 0 atom stereocenters. The first-order chi connectivity index (χ1) is 13.4. The first-order valence-electron chi connectivity index (χ1n) is 9.14. The fraction of sp³-hybridized carbons (Fsp3) is 0.333. The molecule has 1 aliphatic rings. The van der Waals surface area contributed by atoms with Crippen molar-refractivity contribution in [2.24, 2.45) is 0 Å². The van der Waals surface area contributed by atoms with Crippen LogP contribution in [-0.4, -0.2) is 22.6 Å². The van der Waals surface area contributed by atoms with Gasteiger partial charge in [-0.15, -0.1) is 0 Å². The normalized spacial score (nSPS) is 15.6. The Kier molecular flexibility index (Phi) is 6.47. The number of nitrogens with one attached hydrogen (secondary N) is 1. The minimum absolute atomic E-state index is 0.161. The van der Waals surface area contributed by atoms with Crippen LogP contribution in [0.3, 0.4) is 0 Å². The summed E-state index contributed by atoms with van der Waals surface area (Å²) in [4.78, 5) is 24.0. The van der Waals surface area contributed by atoms with Gasteiger partial charge in [-0.25, -0.2) is 4.79 Å². The molecule has 2 aromatic carbocycles. The van der Waals surface area contributed by atoms with Gasteiger partial charge >= 0.3 is 5.97 Å². The van der Waals surface area contributed by atoms with Gasteiger partial charge in [0.05, 0.1) is 6.42 Å². The molecule has 0 aromatic heterocycles. The summed E-state index contributed by atoms with van der Waals surface area (Å²) < 4.78 is 5.86. The molecule has 0 radical (unpaired) electrons. The standard InChI is InChI=1S/C21H21Cl2NO4/c22-15-11-16(23)13-17(12-15)24-19(25)10-14-4-6-18(7-5-14)28-21(20(26)27)8-2-1-3-9-21/h4-7,11-13H,1-3,8-10H2,(H,24,25)(H,26,27). The van der Waals surface area contributed by atoms with E-state index >= 15 is 0 Å². The van der Waals surface area contributed by atoms with E-state index in [4.69, 9.17) is 27.9 Å². The maximum Gasteiger partial charge on any atom is 0.348 e. The number of carbonyl (C=O) groups excluding carboxylic acids is 1. The van der Waals surface area contributed by atoms with Crippen LogP contribution in [0.25, 0.3) is 0 Å². The molecule has 1 amide bonds. The first-order valence-corrected chi connectivity index (χ1v) is 9.89. The molecule has 7 heteroatoms. The Morgan fingerprint density at radius 3 is 2.18 bits per heavy atom. The van der Waals surface area contributed by atoms with Crippen molar-refractivity contribution in [1.82, 2.24) is 0 Å². The quantitative estimate of drug-likeness (QED) is 0.659. The molecule has 2 aromatic rings. The maximum absolute atomic E-state index is 12.2. The SMILES string of the molecule is O=C(Cc1ccc(OC2(C(=O)O)CCCCC2)cc1)Nc1cc(Cl)cc(Cl)c1. The number of ether oxygens (including phenoxy) is 1. The summed E-state index contributed by atoms with van der Waals surface area (Å²) in [7, 11) is 0. The Balaban J connectivity index is 1.62. The lowest BCUT2D eigenvalue weighted by Gasteiger charge is -2.33. The van der Waals surface area contributed by atoms with Crippen LogP contribution in [0.5, 0.6) is 5.75 Å². The minimum atomic E-state index is -1.15. The van der Waals surface area contributed by atoms with Gasteiger partial charge in [-0.3, -0.25) is 4.79 Å². The number of carbonyl (C=O) groups is 2. The van der Waals surface area contributed by atoms with Crippen molar-refractivity contribution in [2.45, 2.75) is 44.1 Å². The third kappa shape index (κ3) is 5.18. The van der Waals surface area contributed by atoms with E-state index in [9.17, 15) is 14.7 Å². The highest BCUT2D eigenvalue weighted by atomic mass is 35.5. The van der Waals surface area contributed by atoms with Crippen LogP contribution in [0.4, 0.5) is 5.69 Å². The van der Waals surface area contributed by atoms with Crippen LogP contribution in [0.1, 0.15) is 37.7 Å². The zero-order valence-corrected chi connectivity index (χ0v) is 16.7. The van der Waals surface area contributed by atoms with Crippen molar-refractivity contribution in [3.63, 3.8) is 0 Å². The van der Waals surface area contributed by atoms with Crippen LogP contribution in [0.2, 0.25) is 10.0 Å². The van der Waals surface area contributed by atoms with Crippen molar-refractivity contribution in [1.29, 1.82) is 0 Å². The summed E-state index contributed by atoms with van der Waals surface area (Å²) in [6, 6.07) is 11.8. The average Bonchev–Trinajstić information content (AvgIpc) is 2.63. The van der Waals surface area contributed by atoms with Gasteiger partial charge in [0.1, 0.15) is 5.75 Å². The Morgan fingerprint density at radius 2 is 1.61 bits per heavy atom. The molecule has 0 unspecified atom stereocenters. The molecule has 0 bridgehead atoms. The highest BCUT2D eigenvalue weighted by molar-refractivity contribution is 6.35. The fourth-order valence-corrected chi connectivity index (χ4v) is 3.93. The lowest BCUT2D eigenvalue weighted by Crippen LogP contribution is -2.46. The molecule has 1 saturated carbocycles. The van der Waals surface area contributed by atoms with E-state index in [2.05, 4.69) is 5.32 Å². The lowest BCUT2D eigenvalue weighted by molar-refractivity contribution is -0.158. The third-order valence-electron chi connectivity index (χ3n) is 4.80. The summed E-state index contributed by atoms with van der Waals surface area (Å²) in [6.07, 6.45) is 3.90. The molecule has 0 spiro atoms. The van der Waals surface area contributed by atoms with Gasteiger partial charge in [-0.1, -0.05) is 41.8 Å². The number of anilines is 1. The third-order valence-corrected chi connectivity index (χ3v) is 5.23. The van der Waals surface area contributed by atoms with Crippen molar-refractivity contribution in [2.75, 3.05) is 5.32 Å². The van der Waals surface area contributed by atoms with Gasteiger partial charge in [0, 0.05) is 15.7 Å². The van der Waals surface area contributed by atoms with Gasteiger partial charge in [0.2, 0.25) is 11.5 Å². The van der Waals surface area contributed by atoms with Gasteiger partial charge in [-0.05, 0) is 61.6 Å². The number of amides is 1. The number of carboxylic acids is 1. The van der Waals surface area contributed by atoms with Gasteiger partial charge in [-0.2, -0.15) is 0 Å². The second-order valence-corrected chi connectivity index (χ2v) is 7.86. The summed E-state index contributed by atoms with van der Waals surface area (Å²) in [6.45, 7) is 0. The van der Waals surface area contributed by atoms with Crippen molar-refractivity contribution >= 4 is 40.8 Å². The number of aliphatic carboxylic acids is 1. The molecular formula is C21H21Cl2NO4. The van der Waals surface area contributed by atoms with Gasteiger partial charge < -0.3 is 15.2 Å². The molecule has 148 valence electrons. The van der Waals surface area contributed by atoms with Crippen LogP contribution in [0.15, 0.2) is 42.5 Å². The van der Waals surface area contributed by atoms with E-state index in [1.54, 1.807) is 42.5 Å². The summed E-state index contributed by atoms with van der Waals surface area (Å²) in [5, 5.41) is 13.3. The highest BCUT2D eigenvalue weighted by Gasteiger charge is 2.42. The number of hydrogen-bond acceptors (Lipinski definition) is 3. The van der Waals surface area contributed by atoms with E-state index in [1.807, 2.05) is 0 Å². The van der Waals surface area contributed by atoms with Crippen molar-refractivity contribution < 1.29 is 19.4 Å². The zero-order valence-electron chi connectivity index (χ0n) is 15.2. The Hall–Kier alpha value is -2.24. The smallest absolute Gasteiger partial charge is 0.348 e. The molecule has 28 heavy (non-hydrogen) atoms. The van der Waals surface area contributed by atoms with E-state index in [-0.39, 0.29) is 12.3 Å². The monoisotopic (exact) mass is 421 g/mol. The number of hydrogen-bond donors (Lipinski definition) is 2. The number of carboxylic acid groups (broad SMARTS) is 1. The second-order valence-electron chi connectivity index (χ2n) is 6.99. The molecule has 1 aliphatic carbocycles. The average molecular weight is 422 g/mol. The molecule has 3 rings (SSSR count). The van der Waals surface area contributed by atoms with Gasteiger partial charge in [0.15, 0.2) is 0 Å². The summed E-state index contributed by atoms with van der Waals surface area (Å²) >= 11 is 11.9. The van der Waals surface area contributed by atoms with Crippen LogP contribution < -0.4 is 10.1 Å². The lowest BCUT2D eigenvalue weighted by atomic mass is 9.84. The maximum atomic E-state index is 12.2. The predicted octanol–water partition coefficient (Wildman–Crippen LogP) is 5.34. The predicted molar refractivity (Wildman–Crippen MR) is 109 cm³/mol. The minimum Gasteiger partial charge on any atom is -0.478 e. The topological polar surface area (TPSA) is 75.6 Å². The fourth-order valence-electron chi connectivity index (χ4n) is 3.40. The Labute approximate surface area is 173 Å². The molecule has 0 heterocycles. The van der Waals surface area contributed by atoms with Crippen molar-refractivity contribution in [3.05, 3.63) is 58.1 Å². The van der Waals surface area contributed by atoms with Crippen LogP contribution in [0, 0.1) is 0 Å². The van der Waals surface area contributed by atoms with E-state index in [0.717, 1.165) is 24.8 Å². The first kappa shape index (κ1) is 20.5. The summed E-state index contributed by atoms with van der Waals surface area (Å²) in [5.41, 5.74) is 0.164.